The van der Waals surface area contributed by atoms with Gasteiger partial charge in [0.1, 0.15) is 0 Å². The lowest BCUT2D eigenvalue weighted by Gasteiger charge is -2.15. The molecule has 9 heavy (non-hydrogen) atoms. The van der Waals surface area contributed by atoms with Gasteiger partial charge in [0.25, 0.3) is 0 Å². The summed E-state index contributed by atoms with van der Waals surface area (Å²) < 4.78 is 23.5. The van der Waals surface area contributed by atoms with Gasteiger partial charge in [-0.3, -0.25) is 0 Å². The van der Waals surface area contributed by atoms with Gasteiger partial charge in [-0.1, -0.05) is 6.92 Å². The molecule has 0 saturated carbocycles. The first-order valence-electron chi connectivity index (χ1n) is 2.97. The molecule has 0 rings (SSSR count). The fraction of sp³-hybridized carbons (Fsp3) is 1.00. The average molecular weight is 137 g/mol. The van der Waals surface area contributed by atoms with Gasteiger partial charge in [-0.25, -0.2) is 8.78 Å². The van der Waals surface area contributed by atoms with Crippen LogP contribution in [0.25, 0.3) is 0 Å². The van der Waals surface area contributed by atoms with Crippen LogP contribution < -0.4 is 0 Å². The van der Waals surface area contributed by atoms with Gasteiger partial charge >= 0.3 is 0 Å². The lowest BCUT2D eigenvalue weighted by atomic mass is 10.2. The Labute approximate surface area is 54.7 Å². The summed E-state index contributed by atoms with van der Waals surface area (Å²) in [5.74, 6) is -0.514. The molecule has 0 aliphatic rings. The second-order valence-electron chi connectivity index (χ2n) is 2.57. The van der Waals surface area contributed by atoms with Gasteiger partial charge in [0.05, 0.1) is 0 Å². The summed E-state index contributed by atoms with van der Waals surface area (Å²) in [6, 6.07) is 0. The van der Waals surface area contributed by atoms with Crippen LogP contribution in [0.15, 0.2) is 0 Å². The summed E-state index contributed by atoms with van der Waals surface area (Å²) in [5.41, 5.74) is 0. The van der Waals surface area contributed by atoms with Crippen LogP contribution in [0.2, 0.25) is 0 Å². The molecule has 0 aromatic heterocycles. The van der Waals surface area contributed by atoms with E-state index >= 15 is 0 Å². The first-order chi connectivity index (χ1) is 4.04. The van der Waals surface area contributed by atoms with Crippen LogP contribution in [0, 0.1) is 5.92 Å². The fourth-order valence-corrected chi connectivity index (χ4v) is 0.656. The van der Waals surface area contributed by atoms with E-state index in [1.165, 1.54) is 0 Å². The quantitative estimate of drug-likeness (QED) is 0.569. The molecule has 0 aromatic rings. The Bertz CT molecular complexity index is 73.5. The second-order valence-corrected chi connectivity index (χ2v) is 2.57. The molecule has 0 aliphatic carbocycles. The monoisotopic (exact) mass is 137 g/mol. The van der Waals surface area contributed by atoms with Gasteiger partial charge in [-0.15, -0.1) is 0 Å². The Morgan fingerprint density at radius 3 is 1.89 bits per heavy atom. The average Bonchev–Trinajstić information content (AvgIpc) is 1.63. The molecular formula is C6H13F2N. The standard InChI is InChI=1S/C6H13F2N/c1-5(6(7)8)4-9(2)3/h5-6H,4H2,1-3H3. The predicted molar refractivity (Wildman–Crippen MR) is 33.7 cm³/mol. The van der Waals surface area contributed by atoms with Gasteiger partial charge < -0.3 is 4.90 Å². The van der Waals surface area contributed by atoms with Crippen LogP contribution in [0.1, 0.15) is 6.92 Å². The Balaban J connectivity index is 3.38. The first kappa shape index (κ1) is 8.82. The zero-order valence-corrected chi connectivity index (χ0v) is 6.06. The number of hydrogen-bond acceptors (Lipinski definition) is 1. The number of halogens is 2. The van der Waals surface area contributed by atoms with Crippen LogP contribution in [-0.4, -0.2) is 32.0 Å². The van der Waals surface area contributed by atoms with E-state index in [1.54, 1.807) is 25.9 Å². The van der Waals surface area contributed by atoms with E-state index in [0.717, 1.165) is 0 Å². The minimum atomic E-state index is -2.19. The Morgan fingerprint density at radius 1 is 1.33 bits per heavy atom. The minimum Gasteiger partial charge on any atom is -0.309 e. The van der Waals surface area contributed by atoms with Gasteiger partial charge in [0.15, 0.2) is 0 Å². The smallest absolute Gasteiger partial charge is 0.242 e. The third kappa shape index (κ3) is 4.33. The summed E-state index contributed by atoms with van der Waals surface area (Å²) in [5, 5.41) is 0. The van der Waals surface area contributed by atoms with Crippen molar-refractivity contribution in [1.29, 1.82) is 0 Å². The molecule has 0 aromatic carbocycles. The van der Waals surface area contributed by atoms with E-state index in [2.05, 4.69) is 0 Å². The third-order valence-corrected chi connectivity index (χ3v) is 1.08. The summed E-state index contributed by atoms with van der Waals surface area (Å²) >= 11 is 0. The third-order valence-electron chi connectivity index (χ3n) is 1.08. The maximum Gasteiger partial charge on any atom is 0.242 e. The second kappa shape index (κ2) is 3.77. The summed E-state index contributed by atoms with van der Waals surface area (Å²) in [6.45, 7) is 2.00. The lowest BCUT2D eigenvalue weighted by Crippen LogP contribution is -2.24. The van der Waals surface area contributed by atoms with Gasteiger partial charge in [0, 0.05) is 12.5 Å². The molecule has 0 spiro atoms. The largest absolute Gasteiger partial charge is 0.309 e. The lowest BCUT2D eigenvalue weighted by molar-refractivity contribution is 0.0716. The van der Waals surface area contributed by atoms with Gasteiger partial charge in [-0.05, 0) is 14.1 Å². The molecule has 0 heterocycles. The van der Waals surface area contributed by atoms with E-state index in [0.29, 0.717) is 6.54 Å². The van der Waals surface area contributed by atoms with Crippen molar-refractivity contribution >= 4 is 0 Å². The normalized spacial score (nSPS) is 15.0. The zero-order chi connectivity index (χ0) is 7.44. The molecule has 56 valence electrons. The van der Waals surface area contributed by atoms with Crippen molar-refractivity contribution in [2.75, 3.05) is 20.6 Å². The number of hydrogen-bond donors (Lipinski definition) is 0. The van der Waals surface area contributed by atoms with Crippen LogP contribution in [0.4, 0.5) is 8.78 Å². The molecule has 0 saturated heterocycles. The van der Waals surface area contributed by atoms with Crippen molar-refractivity contribution in [2.45, 2.75) is 13.3 Å². The fourth-order valence-electron chi connectivity index (χ4n) is 0.656. The van der Waals surface area contributed by atoms with Crippen molar-refractivity contribution in [3.63, 3.8) is 0 Å². The van der Waals surface area contributed by atoms with Crippen molar-refractivity contribution in [1.82, 2.24) is 4.90 Å². The Kier molecular flexibility index (Phi) is 3.70. The Morgan fingerprint density at radius 2 is 1.78 bits per heavy atom. The van der Waals surface area contributed by atoms with Crippen molar-refractivity contribution in [3.05, 3.63) is 0 Å². The summed E-state index contributed by atoms with van der Waals surface area (Å²) in [6.07, 6.45) is -2.19. The van der Waals surface area contributed by atoms with E-state index in [1.807, 2.05) is 0 Å². The highest BCUT2D eigenvalue weighted by Crippen LogP contribution is 2.08. The van der Waals surface area contributed by atoms with E-state index < -0.39 is 12.3 Å². The van der Waals surface area contributed by atoms with Gasteiger partial charge in [-0.2, -0.15) is 0 Å². The van der Waals surface area contributed by atoms with Crippen molar-refractivity contribution in [3.8, 4) is 0 Å². The molecule has 0 bridgehead atoms. The van der Waals surface area contributed by atoms with Crippen molar-refractivity contribution < 1.29 is 8.78 Å². The van der Waals surface area contributed by atoms with Crippen LogP contribution >= 0.6 is 0 Å². The molecular weight excluding hydrogens is 124 g/mol. The molecule has 0 fully saturated rings. The molecule has 0 amide bonds. The summed E-state index contributed by atoms with van der Waals surface area (Å²) in [7, 11) is 3.58. The van der Waals surface area contributed by atoms with Crippen LogP contribution in [0.5, 0.6) is 0 Å². The predicted octanol–water partition coefficient (Wildman–Crippen LogP) is 1.45. The number of alkyl halides is 2. The molecule has 1 unspecified atom stereocenters. The Hall–Kier alpha value is -0.180. The van der Waals surface area contributed by atoms with E-state index in [-0.39, 0.29) is 0 Å². The van der Waals surface area contributed by atoms with Crippen molar-refractivity contribution in [2.24, 2.45) is 5.92 Å². The molecule has 0 radical (unpaired) electrons. The SMILES string of the molecule is CC(CN(C)C)C(F)F. The highest BCUT2D eigenvalue weighted by atomic mass is 19.3. The number of nitrogens with zero attached hydrogens (tertiary/aromatic N) is 1. The highest BCUT2D eigenvalue weighted by molar-refractivity contribution is 4.56. The first-order valence-corrected chi connectivity index (χ1v) is 2.97. The molecule has 1 atom stereocenters. The van der Waals surface area contributed by atoms with E-state index in [4.69, 9.17) is 0 Å². The maximum absolute atomic E-state index is 11.8. The molecule has 1 nitrogen and oxygen atoms in total. The van der Waals surface area contributed by atoms with Gasteiger partial charge in [0.2, 0.25) is 6.43 Å². The van der Waals surface area contributed by atoms with Crippen LogP contribution in [-0.2, 0) is 0 Å². The van der Waals surface area contributed by atoms with E-state index in [9.17, 15) is 8.78 Å². The zero-order valence-electron chi connectivity index (χ0n) is 6.06. The maximum atomic E-state index is 11.8. The number of rotatable bonds is 3. The summed E-state index contributed by atoms with van der Waals surface area (Å²) in [4.78, 5) is 1.76. The molecule has 3 heteroatoms. The minimum absolute atomic E-state index is 0.456. The highest BCUT2D eigenvalue weighted by Gasteiger charge is 2.14. The van der Waals surface area contributed by atoms with Crippen LogP contribution in [0.3, 0.4) is 0 Å². The molecule has 0 N–H and O–H groups in total. The topological polar surface area (TPSA) is 3.24 Å². The molecule has 0 aliphatic heterocycles.